The van der Waals surface area contributed by atoms with Gasteiger partial charge in [0.15, 0.2) is 0 Å². The molecule has 0 aromatic heterocycles. The number of nitrogens with one attached hydrogen (secondary N) is 2. The van der Waals surface area contributed by atoms with E-state index in [0.717, 1.165) is 12.8 Å². The standard InChI is InChI=1S/C8H13N3O4/c1-9-7(13)11(15-8(14)10-2)6(12)5-3-4-5/h5H,3-4H2,1-2H3,(H,9,13)(H,10,14). The van der Waals surface area contributed by atoms with Crippen LogP contribution in [0, 0.1) is 5.92 Å². The molecule has 1 saturated carbocycles. The molecule has 0 spiro atoms. The first-order chi connectivity index (χ1) is 7.10. The third-order valence-electron chi connectivity index (χ3n) is 1.90. The lowest BCUT2D eigenvalue weighted by molar-refractivity contribution is -0.154. The lowest BCUT2D eigenvalue weighted by Gasteiger charge is -2.17. The predicted octanol–water partition coefficient (Wildman–Crippen LogP) is -0.165. The molecule has 7 heteroatoms. The van der Waals surface area contributed by atoms with Crippen LogP contribution in [0.25, 0.3) is 0 Å². The van der Waals surface area contributed by atoms with E-state index in [-0.39, 0.29) is 5.92 Å². The first-order valence-electron chi connectivity index (χ1n) is 4.55. The summed E-state index contributed by atoms with van der Waals surface area (Å²) < 4.78 is 0. The molecule has 0 unspecified atom stereocenters. The highest BCUT2D eigenvalue weighted by molar-refractivity contribution is 5.96. The number of amides is 4. The average Bonchev–Trinajstić information content (AvgIpc) is 3.07. The number of urea groups is 1. The maximum absolute atomic E-state index is 11.5. The Morgan fingerprint density at radius 2 is 1.80 bits per heavy atom. The number of imide groups is 1. The second-order valence-corrected chi connectivity index (χ2v) is 3.09. The number of hydrogen-bond acceptors (Lipinski definition) is 4. The van der Waals surface area contributed by atoms with Crippen LogP contribution in [0.1, 0.15) is 12.8 Å². The molecule has 1 aliphatic rings. The Labute approximate surface area is 86.7 Å². The number of nitrogens with zero attached hydrogens (tertiary/aromatic N) is 1. The molecule has 2 N–H and O–H groups in total. The van der Waals surface area contributed by atoms with E-state index in [2.05, 4.69) is 15.5 Å². The minimum atomic E-state index is -0.854. The monoisotopic (exact) mass is 215 g/mol. The molecule has 0 bridgehead atoms. The third kappa shape index (κ3) is 2.83. The van der Waals surface area contributed by atoms with Crippen molar-refractivity contribution in [1.29, 1.82) is 0 Å². The Morgan fingerprint density at radius 3 is 2.20 bits per heavy atom. The Kier molecular flexibility index (Phi) is 3.48. The number of carbonyl (C=O) groups is 3. The molecule has 0 saturated heterocycles. The van der Waals surface area contributed by atoms with E-state index in [1.165, 1.54) is 14.1 Å². The summed E-state index contributed by atoms with van der Waals surface area (Å²) in [6.07, 6.45) is 0.597. The highest BCUT2D eigenvalue weighted by Crippen LogP contribution is 2.31. The number of hydroxylamine groups is 2. The molecule has 1 rings (SSSR count). The van der Waals surface area contributed by atoms with Crippen molar-refractivity contribution >= 4 is 18.0 Å². The fourth-order valence-corrected chi connectivity index (χ4v) is 0.913. The smallest absolute Gasteiger partial charge is 0.338 e. The molecule has 0 heterocycles. The Balaban J connectivity index is 2.63. The second-order valence-electron chi connectivity index (χ2n) is 3.09. The SMILES string of the molecule is CNC(=O)ON(C(=O)NC)C(=O)C1CC1. The van der Waals surface area contributed by atoms with Gasteiger partial charge in [-0.3, -0.25) is 4.79 Å². The molecular weight excluding hydrogens is 202 g/mol. The molecule has 15 heavy (non-hydrogen) atoms. The molecule has 1 aliphatic carbocycles. The summed E-state index contributed by atoms with van der Waals surface area (Å²) in [5.74, 6) is -0.690. The van der Waals surface area contributed by atoms with Crippen LogP contribution >= 0.6 is 0 Å². The van der Waals surface area contributed by atoms with Crippen molar-refractivity contribution in [2.24, 2.45) is 5.92 Å². The topological polar surface area (TPSA) is 87.7 Å². The first kappa shape index (κ1) is 11.3. The number of rotatable bonds is 1. The zero-order valence-corrected chi connectivity index (χ0v) is 8.57. The summed E-state index contributed by atoms with van der Waals surface area (Å²) in [6, 6.07) is -0.754. The molecule has 84 valence electrons. The minimum absolute atomic E-state index is 0.202. The largest absolute Gasteiger partial charge is 0.431 e. The summed E-state index contributed by atoms with van der Waals surface area (Å²) in [6.45, 7) is 0. The highest BCUT2D eigenvalue weighted by atomic mass is 16.7. The molecule has 0 atom stereocenters. The second kappa shape index (κ2) is 4.63. The van der Waals surface area contributed by atoms with Gasteiger partial charge < -0.3 is 15.5 Å². The van der Waals surface area contributed by atoms with Gasteiger partial charge in [-0.25, -0.2) is 9.59 Å². The first-order valence-corrected chi connectivity index (χ1v) is 4.55. The van der Waals surface area contributed by atoms with E-state index in [4.69, 9.17) is 0 Å². The molecule has 7 nitrogen and oxygen atoms in total. The predicted molar refractivity (Wildman–Crippen MR) is 49.6 cm³/mol. The van der Waals surface area contributed by atoms with Crippen molar-refractivity contribution in [2.45, 2.75) is 12.8 Å². The number of carbonyl (C=O) groups excluding carboxylic acids is 3. The quantitative estimate of drug-likeness (QED) is 0.595. The summed E-state index contributed by atoms with van der Waals surface area (Å²) in [4.78, 5) is 38.2. The third-order valence-corrected chi connectivity index (χ3v) is 1.90. The van der Waals surface area contributed by atoms with E-state index in [1.54, 1.807) is 0 Å². The van der Waals surface area contributed by atoms with Crippen LogP contribution in [-0.4, -0.2) is 37.2 Å². The van der Waals surface area contributed by atoms with Gasteiger partial charge in [0.25, 0.3) is 5.91 Å². The van der Waals surface area contributed by atoms with E-state index in [0.29, 0.717) is 5.06 Å². The Morgan fingerprint density at radius 1 is 1.20 bits per heavy atom. The van der Waals surface area contributed by atoms with Gasteiger partial charge in [-0.1, -0.05) is 5.06 Å². The van der Waals surface area contributed by atoms with Gasteiger partial charge in [-0.2, -0.15) is 0 Å². The van der Waals surface area contributed by atoms with Gasteiger partial charge in [0.2, 0.25) is 0 Å². The summed E-state index contributed by atoms with van der Waals surface area (Å²) in [5.41, 5.74) is 0. The van der Waals surface area contributed by atoms with E-state index in [1.807, 2.05) is 0 Å². The van der Waals surface area contributed by atoms with Crippen molar-refractivity contribution in [1.82, 2.24) is 15.7 Å². The molecular formula is C8H13N3O4. The Hall–Kier alpha value is -1.79. The summed E-state index contributed by atoms with van der Waals surface area (Å²) >= 11 is 0. The van der Waals surface area contributed by atoms with Crippen LogP contribution in [0.15, 0.2) is 0 Å². The molecule has 0 radical (unpaired) electrons. The molecule has 1 fully saturated rings. The fourth-order valence-electron chi connectivity index (χ4n) is 0.913. The molecule has 4 amide bonds. The lowest BCUT2D eigenvalue weighted by atomic mass is 10.4. The van der Waals surface area contributed by atoms with E-state index in [9.17, 15) is 14.4 Å². The minimum Gasteiger partial charge on any atom is -0.338 e. The maximum atomic E-state index is 11.5. The van der Waals surface area contributed by atoms with Crippen molar-refractivity contribution in [3.63, 3.8) is 0 Å². The normalized spacial score (nSPS) is 14.0. The van der Waals surface area contributed by atoms with Gasteiger partial charge in [0.1, 0.15) is 0 Å². The van der Waals surface area contributed by atoms with Gasteiger partial charge in [0.05, 0.1) is 0 Å². The number of hydrogen-bond donors (Lipinski definition) is 2. The molecule has 0 aromatic carbocycles. The van der Waals surface area contributed by atoms with Gasteiger partial charge in [-0.15, -0.1) is 0 Å². The van der Waals surface area contributed by atoms with Crippen LogP contribution in [0.4, 0.5) is 9.59 Å². The molecule has 0 aliphatic heterocycles. The van der Waals surface area contributed by atoms with Gasteiger partial charge in [-0.05, 0) is 12.8 Å². The lowest BCUT2D eigenvalue weighted by Crippen LogP contribution is -2.45. The van der Waals surface area contributed by atoms with E-state index < -0.39 is 18.0 Å². The van der Waals surface area contributed by atoms with Gasteiger partial charge in [0, 0.05) is 20.0 Å². The van der Waals surface area contributed by atoms with Crippen LogP contribution in [0.3, 0.4) is 0 Å². The fraction of sp³-hybridized carbons (Fsp3) is 0.625. The van der Waals surface area contributed by atoms with Crippen LogP contribution in [0.5, 0.6) is 0 Å². The summed E-state index contributed by atoms with van der Waals surface area (Å²) in [7, 11) is 2.69. The van der Waals surface area contributed by atoms with Crippen molar-refractivity contribution in [2.75, 3.05) is 14.1 Å². The summed E-state index contributed by atoms with van der Waals surface area (Å²) in [5, 5.41) is 4.83. The molecule has 0 aromatic rings. The van der Waals surface area contributed by atoms with Crippen molar-refractivity contribution < 1.29 is 19.2 Å². The Bertz CT molecular complexity index is 288. The van der Waals surface area contributed by atoms with E-state index >= 15 is 0 Å². The zero-order chi connectivity index (χ0) is 11.4. The van der Waals surface area contributed by atoms with Crippen molar-refractivity contribution in [3.05, 3.63) is 0 Å². The van der Waals surface area contributed by atoms with Crippen LogP contribution in [-0.2, 0) is 9.63 Å². The van der Waals surface area contributed by atoms with Crippen LogP contribution in [0.2, 0.25) is 0 Å². The average molecular weight is 215 g/mol. The van der Waals surface area contributed by atoms with Crippen LogP contribution < -0.4 is 10.6 Å². The van der Waals surface area contributed by atoms with Gasteiger partial charge >= 0.3 is 12.1 Å². The highest BCUT2D eigenvalue weighted by Gasteiger charge is 2.38. The maximum Gasteiger partial charge on any atom is 0.431 e. The zero-order valence-electron chi connectivity index (χ0n) is 8.57. The van der Waals surface area contributed by atoms with Crippen molar-refractivity contribution in [3.8, 4) is 0 Å².